The highest BCUT2D eigenvalue weighted by Gasteiger charge is 2.44. The van der Waals surface area contributed by atoms with E-state index in [2.05, 4.69) is 11.4 Å². The van der Waals surface area contributed by atoms with Gasteiger partial charge < -0.3 is 19.5 Å². The van der Waals surface area contributed by atoms with Gasteiger partial charge in [0.2, 0.25) is 5.91 Å². The number of hydrogen-bond donors (Lipinski definition) is 1. The maximum absolute atomic E-state index is 12.9. The number of esters is 2. The van der Waals surface area contributed by atoms with Crippen LogP contribution >= 0.6 is 11.8 Å². The molecule has 0 fully saturated rings. The molecule has 1 amide bonds. The maximum atomic E-state index is 12.9. The number of aryl methyl sites for hydroxylation is 1. The first-order valence-electron chi connectivity index (χ1n) is 10.4. The number of rotatable bonds is 8. The summed E-state index contributed by atoms with van der Waals surface area (Å²) in [6.45, 7) is 2.34. The number of nitrogens with zero attached hydrogens (tertiary/aromatic N) is 1. The Balaban J connectivity index is 1.85. The zero-order valence-electron chi connectivity index (χ0n) is 19.0. The zero-order chi connectivity index (χ0) is 24.7. The van der Waals surface area contributed by atoms with E-state index in [1.54, 1.807) is 12.1 Å². The van der Waals surface area contributed by atoms with Gasteiger partial charge in [-0.25, -0.2) is 4.79 Å². The van der Waals surface area contributed by atoms with Crippen LogP contribution in [0.25, 0.3) is 0 Å². The summed E-state index contributed by atoms with van der Waals surface area (Å²) >= 11 is 1.26. The van der Waals surface area contributed by atoms with Crippen LogP contribution in [0.4, 0.5) is 0 Å². The van der Waals surface area contributed by atoms with Gasteiger partial charge in [-0.2, -0.15) is 5.26 Å². The second kappa shape index (κ2) is 11.4. The van der Waals surface area contributed by atoms with Crippen LogP contribution in [-0.4, -0.2) is 44.4 Å². The fourth-order valence-electron chi connectivity index (χ4n) is 3.56. The van der Waals surface area contributed by atoms with Crippen LogP contribution in [0.5, 0.6) is 5.75 Å². The molecule has 0 spiro atoms. The third-order valence-electron chi connectivity index (χ3n) is 5.29. The van der Waals surface area contributed by atoms with Crippen molar-refractivity contribution < 1.29 is 28.6 Å². The molecule has 176 valence electrons. The monoisotopic (exact) mass is 480 g/mol. The number of nitriles is 1. The van der Waals surface area contributed by atoms with Gasteiger partial charge in [0.15, 0.2) is 0 Å². The quantitative estimate of drug-likeness (QED) is 0.348. The largest absolute Gasteiger partial charge is 0.493 e. The molecule has 2 aromatic rings. The highest BCUT2D eigenvalue weighted by molar-refractivity contribution is 8.03. The molecule has 1 aliphatic heterocycles. The lowest BCUT2D eigenvalue weighted by atomic mass is 9.78. The molecule has 0 aromatic heterocycles. The minimum absolute atomic E-state index is 0.237. The van der Waals surface area contributed by atoms with E-state index in [0.717, 1.165) is 11.3 Å². The SMILES string of the molecule is COC(=O)c1ccc([C@H]2C(C#N)=C(SCCOc3ccc(C)cc3)NC(=O)[C@@H]2C(=O)OC)cc1. The van der Waals surface area contributed by atoms with Crippen molar-refractivity contribution in [3.63, 3.8) is 0 Å². The van der Waals surface area contributed by atoms with Crippen molar-refractivity contribution in [1.29, 1.82) is 5.26 Å². The summed E-state index contributed by atoms with van der Waals surface area (Å²) in [7, 11) is 2.47. The first-order valence-corrected chi connectivity index (χ1v) is 11.4. The molecule has 34 heavy (non-hydrogen) atoms. The Morgan fingerprint density at radius 3 is 2.32 bits per heavy atom. The van der Waals surface area contributed by atoms with Gasteiger partial charge in [-0.3, -0.25) is 9.59 Å². The molecule has 0 bridgehead atoms. The molecule has 8 nitrogen and oxygen atoms in total. The van der Waals surface area contributed by atoms with Crippen molar-refractivity contribution in [2.24, 2.45) is 5.92 Å². The van der Waals surface area contributed by atoms with Gasteiger partial charge in [0, 0.05) is 11.7 Å². The molecule has 1 aliphatic rings. The second-order valence-electron chi connectivity index (χ2n) is 7.45. The molecule has 3 rings (SSSR count). The number of amides is 1. The number of carbonyl (C=O) groups excluding carboxylic acids is 3. The van der Waals surface area contributed by atoms with E-state index in [-0.39, 0.29) is 5.57 Å². The molecule has 1 heterocycles. The predicted molar refractivity (Wildman–Crippen MR) is 126 cm³/mol. The number of benzene rings is 2. The van der Waals surface area contributed by atoms with Crippen LogP contribution in [0.3, 0.4) is 0 Å². The number of carbonyl (C=O) groups is 3. The summed E-state index contributed by atoms with van der Waals surface area (Å²) in [5.41, 5.74) is 2.21. The Kier molecular flexibility index (Phi) is 8.33. The fraction of sp³-hybridized carbons (Fsp3) is 0.280. The standard InChI is InChI=1S/C25H24N2O6S/c1-15-4-10-18(11-5-15)33-12-13-34-23-19(14-26)20(21(22(28)27-23)25(30)32-3)16-6-8-17(9-7-16)24(29)31-2/h4-11,20-21H,12-13H2,1-3H3,(H,27,28)/t20-,21+/m0/s1. The Labute approximate surface area is 201 Å². The minimum Gasteiger partial charge on any atom is -0.493 e. The van der Waals surface area contributed by atoms with Gasteiger partial charge in [-0.15, -0.1) is 11.8 Å². The van der Waals surface area contributed by atoms with Gasteiger partial charge in [0.1, 0.15) is 11.7 Å². The highest BCUT2D eigenvalue weighted by Crippen LogP contribution is 2.40. The summed E-state index contributed by atoms with van der Waals surface area (Å²) < 4.78 is 15.3. The lowest BCUT2D eigenvalue weighted by molar-refractivity contribution is -0.150. The van der Waals surface area contributed by atoms with Crippen molar-refractivity contribution in [1.82, 2.24) is 5.32 Å². The normalized spacial score (nSPS) is 17.4. The van der Waals surface area contributed by atoms with E-state index in [9.17, 15) is 19.6 Å². The lowest BCUT2D eigenvalue weighted by Crippen LogP contribution is -2.44. The molecule has 0 unspecified atom stereocenters. The van der Waals surface area contributed by atoms with Crippen molar-refractivity contribution in [2.75, 3.05) is 26.6 Å². The van der Waals surface area contributed by atoms with E-state index in [1.807, 2.05) is 31.2 Å². The Morgan fingerprint density at radius 1 is 1.06 bits per heavy atom. The van der Waals surface area contributed by atoms with Crippen molar-refractivity contribution >= 4 is 29.6 Å². The van der Waals surface area contributed by atoms with Crippen LogP contribution in [0.15, 0.2) is 59.1 Å². The first-order chi connectivity index (χ1) is 16.4. The molecule has 9 heteroatoms. The van der Waals surface area contributed by atoms with E-state index in [1.165, 1.54) is 38.1 Å². The Bertz CT molecular complexity index is 1140. The number of allylic oxidation sites excluding steroid dienone is 1. The number of nitrogens with one attached hydrogen (secondary N) is 1. The molecular weight excluding hydrogens is 456 g/mol. The number of thioether (sulfide) groups is 1. The fourth-order valence-corrected chi connectivity index (χ4v) is 4.43. The first kappa shape index (κ1) is 24.9. The van der Waals surface area contributed by atoms with Crippen LogP contribution in [0.1, 0.15) is 27.4 Å². The van der Waals surface area contributed by atoms with Gasteiger partial charge in [0.05, 0.1) is 43.1 Å². The highest BCUT2D eigenvalue weighted by atomic mass is 32.2. The number of ether oxygens (including phenoxy) is 3. The van der Waals surface area contributed by atoms with E-state index >= 15 is 0 Å². The average Bonchev–Trinajstić information content (AvgIpc) is 2.86. The van der Waals surface area contributed by atoms with Crippen molar-refractivity contribution in [3.05, 3.63) is 75.8 Å². The van der Waals surface area contributed by atoms with Gasteiger partial charge in [0.25, 0.3) is 0 Å². The van der Waals surface area contributed by atoms with Crippen molar-refractivity contribution in [3.8, 4) is 11.8 Å². The zero-order valence-corrected chi connectivity index (χ0v) is 19.8. The lowest BCUT2D eigenvalue weighted by Gasteiger charge is -2.31. The molecule has 0 radical (unpaired) electrons. The smallest absolute Gasteiger partial charge is 0.337 e. The summed E-state index contributed by atoms with van der Waals surface area (Å²) in [5, 5.41) is 13.0. The van der Waals surface area contributed by atoms with Gasteiger partial charge in [-0.1, -0.05) is 29.8 Å². The molecule has 2 atom stereocenters. The topological polar surface area (TPSA) is 115 Å². The van der Waals surface area contributed by atoms with Crippen molar-refractivity contribution in [2.45, 2.75) is 12.8 Å². The third-order valence-corrected chi connectivity index (χ3v) is 6.28. The molecule has 0 saturated carbocycles. The molecule has 1 N–H and O–H groups in total. The van der Waals surface area contributed by atoms with Gasteiger partial charge in [-0.05, 0) is 36.8 Å². The molecule has 2 aromatic carbocycles. The molecular formula is C25H24N2O6S. The maximum Gasteiger partial charge on any atom is 0.337 e. The van der Waals surface area contributed by atoms with E-state index < -0.39 is 29.7 Å². The predicted octanol–water partition coefficient (Wildman–Crippen LogP) is 3.33. The Hall–Kier alpha value is -3.77. The van der Waals surface area contributed by atoms with Gasteiger partial charge >= 0.3 is 11.9 Å². The molecule has 0 saturated heterocycles. The van der Waals surface area contributed by atoms with Crippen LogP contribution in [0.2, 0.25) is 0 Å². The average molecular weight is 481 g/mol. The van der Waals surface area contributed by atoms with E-state index in [4.69, 9.17) is 14.2 Å². The van der Waals surface area contributed by atoms with E-state index in [0.29, 0.717) is 28.5 Å². The summed E-state index contributed by atoms with van der Waals surface area (Å²) in [4.78, 5) is 37.1. The third kappa shape index (κ3) is 5.58. The number of hydrogen-bond acceptors (Lipinski definition) is 8. The minimum atomic E-state index is -1.24. The summed E-state index contributed by atoms with van der Waals surface area (Å²) in [6, 6.07) is 16.0. The summed E-state index contributed by atoms with van der Waals surface area (Å²) in [5.74, 6) is -2.74. The number of methoxy groups -OCH3 is 2. The molecule has 0 aliphatic carbocycles. The van der Waals surface area contributed by atoms with Crippen LogP contribution in [0, 0.1) is 24.2 Å². The summed E-state index contributed by atoms with van der Waals surface area (Å²) in [6.07, 6.45) is 0. The van der Waals surface area contributed by atoms with Crippen LogP contribution < -0.4 is 10.1 Å². The Morgan fingerprint density at radius 2 is 1.74 bits per heavy atom. The second-order valence-corrected chi connectivity index (χ2v) is 8.55. The van der Waals surface area contributed by atoms with Crippen LogP contribution in [-0.2, 0) is 19.1 Å².